The van der Waals surface area contributed by atoms with Crippen LogP contribution in [0.5, 0.6) is 11.5 Å². The standard InChI is InChI=1S/C11H11NO5S/c1-17-10-5-8(18(14,15)16)3-6-2-7(12)4-9(13)11(6)10/h2-5,13H,12H2,1H3,(H,14,15,16). The molecule has 0 bridgehead atoms. The minimum Gasteiger partial charge on any atom is -0.507 e. The highest BCUT2D eigenvalue weighted by Gasteiger charge is 2.16. The zero-order valence-corrected chi connectivity index (χ0v) is 10.2. The second kappa shape index (κ2) is 4.04. The Balaban J connectivity index is 2.93. The molecule has 7 heteroatoms. The number of hydrogen-bond donors (Lipinski definition) is 3. The number of benzene rings is 2. The number of fused-ring (bicyclic) bond motifs is 1. The van der Waals surface area contributed by atoms with Crippen LogP contribution in [0.25, 0.3) is 10.8 Å². The van der Waals surface area contributed by atoms with Gasteiger partial charge in [0.2, 0.25) is 0 Å². The molecule has 0 amide bonds. The second-order valence-electron chi connectivity index (χ2n) is 3.74. The van der Waals surface area contributed by atoms with Gasteiger partial charge in [-0.05, 0) is 17.5 Å². The molecular formula is C11H11NO5S. The molecule has 0 heterocycles. The van der Waals surface area contributed by atoms with Gasteiger partial charge < -0.3 is 15.6 Å². The summed E-state index contributed by atoms with van der Waals surface area (Å²) >= 11 is 0. The summed E-state index contributed by atoms with van der Waals surface area (Å²) in [7, 11) is -3.02. The van der Waals surface area contributed by atoms with Gasteiger partial charge in [0.15, 0.2) is 0 Å². The number of hydrogen-bond acceptors (Lipinski definition) is 5. The normalized spacial score (nSPS) is 11.7. The number of aromatic hydroxyl groups is 1. The molecule has 96 valence electrons. The number of nitrogen functional groups attached to an aromatic ring is 1. The zero-order valence-electron chi connectivity index (χ0n) is 9.41. The van der Waals surface area contributed by atoms with Crippen LogP contribution in [0.4, 0.5) is 5.69 Å². The number of anilines is 1. The Hall–Kier alpha value is -1.99. The number of ether oxygens (including phenoxy) is 1. The summed E-state index contributed by atoms with van der Waals surface area (Å²) in [6.07, 6.45) is 0. The molecule has 0 aliphatic heterocycles. The van der Waals surface area contributed by atoms with Crippen molar-refractivity contribution < 1.29 is 22.8 Å². The summed E-state index contributed by atoms with van der Waals surface area (Å²) in [6, 6.07) is 5.15. The van der Waals surface area contributed by atoms with E-state index in [0.717, 1.165) is 6.07 Å². The van der Waals surface area contributed by atoms with E-state index in [4.69, 9.17) is 15.0 Å². The van der Waals surface area contributed by atoms with E-state index < -0.39 is 10.1 Å². The van der Waals surface area contributed by atoms with Crippen LogP contribution in [0.15, 0.2) is 29.2 Å². The summed E-state index contributed by atoms with van der Waals surface area (Å²) < 4.78 is 36.3. The molecule has 0 saturated carbocycles. The minimum atomic E-state index is -4.36. The molecule has 4 N–H and O–H groups in total. The van der Waals surface area contributed by atoms with E-state index in [9.17, 15) is 13.5 Å². The van der Waals surface area contributed by atoms with Gasteiger partial charge in [-0.2, -0.15) is 8.42 Å². The number of phenols is 1. The van der Waals surface area contributed by atoms with Crippen LogP contribution in [0.2, 0.25) is 0 Å². The van der Waals surface area contributed by atoms with E-state index in [2.05, 4.69) is 0 Å². The first-order chi connectivity index (χ1) is 8.32. The Morgan fingerprint density at radius 1 is 1.22 bits per heavy atom. The van der Waals surface area contributed by atoms with E-state index in [1.165, 1.54) is 25.3 Å². The summed E-state index contributed by atoms with van der Waals surface area (Å²) in [5.41, 5.74) is 5.84. The maximum atomic E-state index is 11.1. The Morgan fingerprint density at radius 2 is 1.89 bits per heavy atom. The number of phenolic OH excluding ortho intramolecular Hbond substituents is 1. The fourth-order valence-corrected chi connectivity index (χ4v) is 2.29. The first kappa shape index (κ1) is 12.5. The molecule has 0 spiro atoms. The largest absolute Gasteiger partial charge is 0.507 e. The van der Waals surface area contributed by atoms with E-state index in [-0.39, 0.29) is 22.1 Å². The number of rotatable bonds is 2. The predicted molar refractivity (Wildman–Crippen MR) is 66.4 cm³/mol. The molecule has 0 unspecified atom stereocenters. The highest BCUT2D eigenvalue weighted by Crippen LogP contribution is 2.37. The topological polar surface area (TPSA) is 110 Å². The van der Waals surface area contributed by atoms with Crippen LogP contribution in [-0.2, 0) is 10.1 Å². The van der Waals surface area contributed by atoms with Gasteiger partial charge >= 0.3 is 0 Å². The van der Waals surface area contributed by atoms with Crippen LogP contribution in [-0.4, -0.2) is 25.2 Å². The van der Waals surface area contributed by atoms with Gasteiger partial charge in [0.1, 0.15) is 11.5 Å². The average molecular weight is 269 g/mol. The van der Waals surface area contributed by atoms with Crippen molar-refractivity contribution in [2.75, 3.05) is 12.8 Å². The third kappa shape index (κ3) is 2.05. The Kier molecular flexibility index (Phi) is 2.80. The van der Waals surface area contributed by atoms with E-state index >= 15 is 0 Å². The summed E-state index contributed by atoms with van der Waals surface area (Å²) in [4.78, 5) is -0.322. The summed E-state index contributed by atoms with van der Waals surface area (Å²) in [6.45, 7) is 0. The first-order valence-corrected chi connectivity index (χ1v) is 6.34. The van der Waals surface area contributed by atoms with E-state index in [1.54, 1.807) is 0 Å². The van der Waals surface area contributed by atoms with Crippen LogP contribution < -0.4 is 10.5 Å². The van der Waals surface area contributed by atoms with Crippen molar-refractivity contribution in [1.29, 1.82) is 0 Å². The van der Waals surface area contributed by atoms with Crippen molar-refractivity contribution in [2.24, 2.45) is 0 Å². The summed E-state index contributed by atoms with van der Waals surface area (Å²) in [5, 5.41) is 10.5. The van der Waals surface area contributed by atoms with Crippen molar-refractivity contribution in [1.82, 2.24) is 0 Å². The van der Waals surface area contributed by atoms with Crippen LogP contribution in [0.1, 0.15) is 0 Å². The van der Waals surface area contributed by atoms with Gasteiger partial charge in [-0.1, -0.05) is 0 Å². The molecule has 0 atom stereocenters. The van der Waals surface area contributed by atoms with Gasteiger partial charge in [0.25, 0.3) is 10.1 Å². The van der Waals surface area contributed by atoms with Crippen LogP contribution in [0.3, 0.4) is 0 Å². The second-order valence-corrected chi connectivity index (χ2v) is 5.16. The van der Waals surface area contributed by atoms with Crippen molar-refractivity contribution in [3.8, 4) is 11.5 Å². The number of nitrogens with two attached hydrogens (primary N) is 1. The van der Waals surface area contributed by atoms with Crippen LogP contribution in [0, 0.1) is 0 Å². The Labute approximate surface area is 103 Å². The van der Waals surface area contributed by atoms with Gasteiger partial charge in [-0.25, -0.2) is 0 Å². The Morgan fingerprint density at radius 3 is 2.44 bits per heavy atom. The Bertz CT molecular complexity index is 724. The van der Waals surface area contributed by atoms with Crippen molar-refractivity contribution in [3.63, 3.8) is 0 Å². The molecule has 0 aromatic heterocycles. The SMILES string of the molecule is COc1cc(S(=O)(=O)O)cc2cc(N)cc(O)c12. The molecule has 2 aromatic carbocycles. The van der Waals surface area contributed by atoms with E-state index in [1.807, 2.05) is 0 Å². The average Bonchev–Trinajstić information content (AvgIpc) is 2.25. The predicted octanol–water partition coefficient (Wildman–Crippen LogP) is 1.38. The van der Waals surface area contributed by atoms with Gasteiger partial charge in [-0.3, -0.25) is 4.55 Å². The third-order valence-electron chi connectivity index (χ3n) is 2.51. The molecule has 6 nitrogen and oxygen atoms in total. The molecule has 0 aliphatic rings. The molecule has 0 aliphatic carbocycles. The molecule has 18 heavy (non-hydrogen) atoms. The molecule has 2 aromatic rings. The first-order valence-electron chi connectivity index (χ1n) is 4.90. The maximum Gasteiger partial charge on any atom is 0.294 e. The fraction of sp³-hybridized carbons (Fsp3) is 0.0909. The van der Waals surface area contributed by atoms with Crippen molar-refractivity contribution in [2.45, 2.75) is 4.90 Å². The summed E-state index contributed by atoms with van der Waals surface area (Å²) in [5.74, 6) is 0.0152. The fourth-order valence-electron chi connectivity index (χ4n) is 1.76. The maximum absolute atomic E-state index is 11.1. The lowest BCUT2D eigenvalue weighted by atomic mass is 10.1. The van der Waals surface area contributed by atoms with Crippen molar-refractivity contribution in [3.05, 3.63) is 24.3 Å². The molecule has 0 saturated heterocycles. The molecule has 2 rings (SSSR count). The molecule has 0 radical (unpaired) electrons. The van der Waals surface area contributed by atoms with Crippen LogP contribution >= 0.6 is 0 Å². The molecule has 0 fully saturated rings. The quantitative estimate of drug-likeness (QED) is 0.561. The minimum absolute atomic E-state index is 0.122. The number of methoxy groups -OCH3 is 1. The lowest BCUT2D eigenvalue weighted by Crippen LogP contribution is -1.99. The van der Waals surface area contributed by atoms with Gasteiger partial charge in [-0.15, -0.1) is 0 Å². The van der Waals surface area contributed by atoms with E-state index in [0.29, 0.717) is 10.8 Å². The highest BCUT2D eigenvalue weighted by atomic mass is 32.2. The highest BCUT2D eigenvalue weighted by molar-refractivity contribution is 7.85. The van der Waals surface area contributed by atoms with Gasteiger partial charge in [0, 0.05) is 17.8 Å². The lowest BCUT2D eigenvalue weighted by molar-refractivity contribution is 0.414. The van der Waals surface area contributed by atoms with Crippen molar-refractivity contribution >= 4 is 26.6 Å². The van der Waals surface area contributed by atoms with Gasteiger partial charge in [0.05, 0.1) is 17.4 Å². The molecular weight excluding hydrogens is 258 g/mol. The monoisotopic (exact) mass is 269 g/mol. The lowest BCUT2D eigenvalue weighted by Gasteiger charge is -2.10. The smallest absolute Gasteiger partial charge is 0.294 e. The third-order valence-corrected chi connectivity index (χ3v) is 3.34. The zero-order chi connectivity index (χ0) is 13.5.